The zero-order valence-corrected chi connectivity index (χ0v) is 18.5. The third-order valence-corrected chi connectivity index (χ3v) is 7.47. The molecule has 0 aliphatic heterocycles. The van der Waals surface area contributed by atoms with Crippen LogP contribution >= 0.6 is 0 Å². The Balaban J connectivity index is 1.40. The van der Waals surface area contributed by atoms with E-state index < -0.39 is 0 Å². The molecular formula is C28H42. The van der Waals surface area contributed by atoms with Crippen LogP contribution in [-0.4, -0.2) is 0 Å². The smallest absolute Gasteiger partial charge is 0.0245 e. The van der Waals surface area contributed by atoms with Crippen molar-refractivity contribution in [1.29, 1.82) is 0 Å². The quantitative estimate of drug-likeness (QED) is 0.331. The zero-order valence-electron chi connectivity index (χ0n) is 18.5. The Hall–Kier alpha value is -1.22. The SMILES string of the molecule is CCCCCc1ccc(C#CC2CCC([C@H]3CC[C@H](CCC)CC3)CC2)cc1. The molecule has 0 nitrogen and oxygen atoms in total. The van der Waals surface area contributed by atoms with E-state index in [0.717, 1.165) is 17.8 Å². The van der Waals surface area contributed by atoms with E-state index >= 15 is 0 Å². The van der Waals surface area contributed by atoms with Crippen molar-refractivity contribution in [3.05, 3.63) is 35.4 Å². The van der Waals surface area contributed by atoms with Crippen molar-refractivity contribution in [2.75, 3.05) is 0 Å². The summed E-state index contributed by atoms with van der Waals surface area (Å²) in [6.07, 6.45) is 19.6. The van der Waals surface area contributed by atoms with E-state index in [9.17, 15) is 0 Å². The van der Waals surface area contributed by atoms with Crippen LogP contribution in [0, 0.1) is 35.5 Å². The average Bonchev–Trinajstić information content (AvgIpc) is 2.75. The van der Waals surface area contributed by atoms with Gasteiger partial charge in [-0.2, -0.15) is 0 Å². The summed E-state index contributed by atoms with van der Waals surface area (Å²) in [6, 6.07) is 9.03. The van der Waals surface area contributed by atoms with E-state index in [1.54, 1.807) is 0 Å². The first-order valence-corrected chi connectivity index (χ1v) is 12.4. The van der Waals surface area contributed by atoms with Crippen LogP contribution in [0.15, 0.2) is 24.3 Å². The molecule has 0 radical (unpaired) electrons. The lowest BCUT2D eigenvalue weighted by Crippen LogP contribution is -2.25. The first kappa shape index (κ1) is 21.5. The highest BCUT2D eigenvalue weighted by atomic mass is 14.3. The van der Waals surface area contributed by atoms with Gasteiger partial charge in [-0.3, -0.25) is 0 Å². The molecule has 0 bridgehead atoms. The molecule has 154 valence electrons. The first-order valence-electron chi connectivity index (χ1n) is 12.4. The summed E-state index contributed by atoms with van der Waals surface area (Å²) in [5.41, 5.74) is 2.67. The van der Waals surface area contributed by atoms with E-state index in [1.807, 2.05) is 0 Å². The minimum absolute atomic E-state index is 0.636. The van der Waals surface area contributed by atoms with Crippen molar-refractivity contribution < 1.29 is 0 Å². The highest BCUT2D eigenvalue weighted by Crippen LogP contribution is 2.42. The van der Waals surface area contributed by atoms with Crippen molar-refractivity contribution in [1.82, 2.24) is 0 Å². The van der Waals surface area contributed by atoms with E-state index in [1.165, 1.54) is 101 Å². The van der Waals surface area contributed by atoms with Gasteiger partial charge in [0, 0.05) is 11.5 Å². The van der Waals surface area contributed by atoms with Crippen molar-refractivity contribution in [3.63, 3.8) is 0 Å². The van der Waals surface area contributed by atoms with Crippen molar-refractivity contribution in [3.8, 4) is 11.8 Å². The van der Waals surface area contributed by atoms with Gasteiger partial charge in [-0.15, -0.1) is 0 Å². The van der Waals surface area contributed by atoms with Crippen LogP contribution in [0.2, 0.25) is 0 Å². The maximum atomic E-state index is 3.61. The fourth-order valence-corrected chi connectivity index (χ4v) is 5.61. The Bertz CT molecular complexity index is 598. The van der Waals surface area contributed by atoms with Gasteiger partial charge in [0.1, 0.15) is 0 Å². The van der Waals surface area contributed by atoms with Gasteiger partial charge < -0.3 is 0 Å². The second-order valence-corrected chi connectivity index (χ2v) is 9.60. The predicted octanol–water partition coefficient (Wildman–Crippen LogP) is 8.18. The Morgan fingerprint density at radius 3 is 2.00 bits per heavy atom. The molecule has 0 heteroatoms. The third kappa shape index (κ3) is 6.69. The number of unbranched alkanes of at least 4 members (excludes halogenated alkanes) is 2. The molecule has 1 aromatic rings. The van der Waals surface area contributed by atoms with Crippen LogP contribution < -0.4 is 0 Å². The maximum Gasteiger partial charge on any atom is 0.0245 e. The molecule has 2 fully saturated rings. The summed E-state index contributed by atoms with van der Waals surface area (Å²) < 4.78 is 0. The highest BCUT2D eigenvalue weighted by molar-refractivity contribution is 5.36. The lowest BCUT2D eigenvalue weighted by atomic mass is 9.69. The Morgan fingerprint density at radius 2 is 1.39 bits per heavy atom. The molecule has 0 amide bonds. The summed E-state index contributed by atoms with van der Waals surface area (Å²) in [6.45, 7) is 4.61. The number of benzene rings is 1. The van der Waals surface area contributed by atoms with Crippen molar-refractivity contribution in [2.45, 2.75) is 104 Å². The second kappa shape index (κ2) is 11.7. The van der Waals surface area contributed by atoms with E-state index in [0.29, 0.717) is 5.92 Å². The Labute approximate surface area is 174 Å². The van der Waals surface area contributed by atoms with Gasteiger partial charge in [0.2, 0.25) is 0 Å². The molecule has 0 atom stereocenters. The maximum absolute atomic E-state index is 3.61. The topological polar surface area (TPSA) is 0 Å². The van der Waals surface area contributed by atoms with Gasteiger partial charge in [-0.1, -0.05) is 76.3 Å². The van der Waals surface area contributed by atoms with Crippen molar-refractivity contribution in [2.24, 2.45) is 23.7 Å². The zero-order chi connectivity index (χ0) is 19.6. The molecule has 0 saturated heterocycles. The minimum Gasteiger partial charge on any atom is -0.0945 e. The number of rotatable bonds is 7. The van der Waals surface area contributed by atoms with E-state index in [4.69, 9.17) is 0 Å². The van der Waals surface area contributed by atoms with Crippen LogP contribution in [0.4, 0.5) is 0 Å². The highest BCUT2D eigenvalue weighted by Gasteiger charge is 2.30. The molecule has 2 aliphatic carbocycles. The van der Waals surface area contributed by atoms with Gasteiger partial charge in [0.05, 0.1) is 0 Å². The van der Waals surface area contributed by atoms with Crippen LogP contribution in [0.3, 0.4) is 0 Å². The monoisotopic (exact) mass is 378 g/mol. The third-order valence-electron chi connectivity index (χ3n) is 7.47. The van der Waals surface area contributed by atoms with Gasteiger partial charge in [-0.05, 0) is 86.8 Å². The summed E-state index contributed by atoms with van der Waals surface area (Å²) >= 11 is 0. The normalized spacial score (nSPS) is 27.8. The molecule has 0 unspecified atom stereocenters. The summed E-state index contributed by atoms with van der Waals surface area (Å²) in [4.78, 5) is 0. The van der Waals surface area contributed by atoms with Crippen LogP contribution in [0.25, 0.3) is 0 Å². The Kier molecular flexibility index (Phi) is 8.98. The summed E-state index contributed by atoms with van der Waals surface area (Å²) in [5, 5.41) is 0. The fourth-order valence-electron chi connectivity index (χ4n) is 5.61. The molecule has 3 rings (SSSR count). The molecule has 0 spiro atoms. The summed E-state index contributed by atoms with van der Waals surface area (Å²) in [7, 11) is 0. The van der Waals surface area contributed by atoms with Gasteiger partial charge >= 0.3 is 0 Å². The fraction of sp³-hybridized carbons (Fsp3) is 0.714. The molecule has 2 saturated carbocycles. The Morgan fingerprint density at radius 1 is 0.750 bits per heavy atom. The molecule has 0 heterocycles. The lowest BCUT2D eigenvalue weighted by Gasteiger charge is -2.37. The van der Waals surface area contributed by atoms with Gasteiger partial charge in [0.25, 0.3) is 0 Å². The van der Waals surface area contributed by atoms with Crippen LogP contribution in [-0.2, 0) is 6.42 Å². The van der Waals surface area contributed by atoms with E-state index in [-0.39, 0.29) is 0 Å². The number of hydrogen-bond donors (Lipinski definition) is 0. The van der Waals surface area contributed by atoms with Crippen LogP contribution in [0.1, 0.15) is 108 Å². The molecule has 2 aliphatic rings. The molecule has 1 aromatic carbocycles. The molecule has 28 heavy (non-hydrogen) atoms. The first-order chi connectivity index (χ1) is 13.8. The molecule has 0 N–H and O–H groups in total. The largest absolute Gasteiger partial charge is 0.0945 e. The predicted molar refractivity (Wildman–Crippen MR) is 122 cm³/mol. The van der Waals surface area contributed by atoms with Crippen LogP contribution in [0.5, 0.6) is 0 Å². The second-order valence-electron chi connectivity index (χ2n) is 9.60. The lowest BCUT2D eigenvalue weighted by molar-refractivity contribution is 0.154. The van der Waals surface area contributed by atoms with Gasteiger partial charge in [0.15, 0.2) is 0 Å². The van der Waals surface area contributed by atoms with Crippen molar-refractivity contribution >= 4 is 0 Å². The average molecular weight is 379 g/mol. The minimum atomic E-state index is 0.636. The molecular weight excluding hydrogens is 336 g/mol. The standard InChI is InChI=1S/C28H42/c1-3-5-6-8-24-9-11-25(12-10-24)13-14-26-17-21-28(22-18-26)27-19-15-23(7-4-2)16-20-27/h9-12,23,26-28H,3-8,15-22H2,1-2H3/t23-,26?,27-,28?. The number of hydrogen-bond acceptors (Lipinski definition) is 0. The summed E-state index contributed by atoms with van der Waals surface area (Å²) in [5.74, 6) is 10.8. The molecule has 0 aromatic heterocycles. The number of aryl methyl sites for hydroxylation is 1. The van der Waals surface area contributed by atoms with Gasteiger partial charge in [-0.25, -0.2) is 0 Å². The van der Waals surface area contributed by atoms with E-state index in [2.05, 4.69) is 50.0 Å².